The standard InChI is InChI=1S/C22H18N2O2/c25-14-16-8-6-15(7-9-16)12-21-23-20-11-10-18(13-19(20)22(26)24-21)17-4-2-1-3-5-17/h1-11,13,25H,12,14H2,(H,23,24,26). The molecule has 0 aliphatic heterocycles. The Balaban J connectivity index is 1.69. The highest BCUT2D eigenvalue weighted by Crippen LogP contribution is 2.22. The number of aromatic amines is 1. The van der Waals surface area contributed by atoms with Gasteiger partial charge in [0.2, 0.25) is 0 Å². The summed E-state index contributed by atoms with van der Waals surface area (Å²) in [6, 6.07) is 23.4. The van der Waals surface area contributed by atoms with E-state index in [0.29, 0.717) is 23.1 Å². The van der Waals surface area contributed by atoms with E-state index in [1.54, 1.807) is 0 Å². The van der Waals surface area contributed by atoms with Gasteiger partial charge in [0.15, 0.2) is 0 Å². The number of nitrogens with one attached hydrogen (secondary N) is 1. The minimum Gasteiger partial charge on any atom is -0.392 e. The van der Waals surface area contributed by atoms with E-state index < -0.39 is 0 Å². The van der Waals surface area contributed by atoms with Crippen molar-refractivity contribution in [3.05, 3.63) is 100 Å². The van der Waals surface area contributed by atoms with Crippen LogP contribution in [0.15, 0.2) is 77.6 Å². The molecule has 1 heterocycles. The predicted molar refractivity (Wildman–Crippen MR) is 103 cm³/mol. The molecule has 0 aliphatic carbocycles. The molecule has 4 rings (SSSR count). The van der Waals surface area contributed by atoms with Crippen molar-refractivity contribution < 1.29 is 5.11 Å². The highest BCUT2D eigenvalue weighted by atomic mass is 16.3. The second-order valence-corrected chi connectivity index (χ2v) is 6.26. The summed E-state index contributed by atoms with van der Waals surface area (Å²) in [6.45, 7) is 0.0229. The molecule has 0 bridgehead atoms. The van der Waals surface area contributed by atoms with Gasteiger partial charge in [-0.05, 0) is 34.4 Å². The molecule has 0 unspecified atom stereocenters. The second kappa shape index (κ2) is 6.94. The molecule has 0 atom stereocenters. The second-order valence-electron chi connectivity index (χ2n) is 6.26. The molecular formula is C22H18N2O2. The average molecular weight is 342 g/mol. The van der Waals surface area contributed by atoms with E-state index in [0.717, 1.165) is 22.3 Å². The molecule has 26 heavy (non-hydrogen) atoms. The smallest absolute Gasteiger partial charge is 0.258 e. The first-order chi connectivity index (χ1) is 12.7. The van der Waals surface area contributed by atoms with Gasteiger partial charge in [-0.25, -0.2) is 4.98 Å². The van der Waals surface area contributed by atoms with Gasteiger partial charge in [-0.15, -0.1) is 0 Å². The van der Waals surface area contributed by atoms with Crippen LogP contribution in [0, 0.1) is 0 Å². The maximum absolute atomic E-state index is 12.5. The van der Waals surface area contributed by atoms with Crippen molar-refractivity contribution in [2.24, 2.45) is 0 Å². The number of nitrogens with zero attached hydrogens (tertiary/aromatic N) is 1. The number of rotatable bonds is 4. The fourth-order valence-electron chi connectivity index (χ4n) is 3.04. The van der Waals surface area contributed by atoms with E-state index in [4.69, 9.17) is 5.11 Å². The number of hydrogen-bond donors (Lipinski definition) is 2. The fraction of sp³-hybridized carbons (Fsp3) is 0.0909. The molecule has 0 fully saturated rings. The van der Waals surface area contributed by atoms with Crippen LogP contribution in [0.25, 0.3) is 22.0 Å². The van der Waals surface area contributed by atoms with Crippen LogP contribution in [-0.4, -0.2) is 15.1 Å². The Kier molecular flexibility index (Phi) is 4.33. The molecule has 0 radical (unpaired) electrons. The topological polar surface area (TPSA) is 66.0 Å². The van der Waals surface area contributed by atoms with Gasteiger partial charge in [-0.2, -0.15) is 0 Å². The molecule has 0 spiro atoms. The van der Waals surface area contributed by atoms with Crippen molar-refractivity contribution in [1.82, 2.24) is 9.97 Å². The van der Waals surface area contributed by atoms with E-state index in [1.807, 2.05) is 72.8 Å². The Bertz CT molecular complexity index is 1100. The minimum absolute atomic E-state index is 0.0229. The third-order valence-electron chi connectivity index (χ3n) is 4.44. The Labute approximate surface area is 150 Å². The molecule has 1 aromatic heterocycles. The number of benzene rings is 3. The van der Waals surface area contributed by atoms with E-state index >= 15 is 0 Å². The van der Waals surface area contributed by atoms with E-state index in [2.05, 4.69) is 9.97 Å². The summed E-state index contributed by atoms with van der Waals surface area (Å²) in [5.74, 6) is 0.631. The van der Waals surface area contributed by atoms with E-state index in [9.17, 15) is 4.79 Å². The van der Waals surface area contributed by atoms with Crippen LogP contribution >= 0.6 is 0 Å². The van der Waals surface area contributed by atoms with Gasteiger partial charge in [-0.1, -0.05) is 60.7 Å². The first kappa shape index (κ1) is 16.2. The zero-order valence-corrected chi connectivity index (χ0v) is 14.1. The highest BCUT2D eigenvalue weighted by molar-refractivity contribution is 5.83. The molecule has 2 N–H and O–H groups in total. The normalized spacial score (nSPS) is 11.0. The van der Waals surface area contributed by atoms with Crippen molar-refractivity contribution in [2.45, 2.75) is 13.0 Å². The van der Waals surface area contributed by atoms with Gasteiger partial charge in [0.05, 0.1) is 17.5 Å². The minimum atomic E-state index is -0.130. The summed E-state index contributed by atoms with van der Waals surface area (Å²) in [7, 11) is 0. The van der Waals surface area contributed by atoms with Crippen molar-refractivity contribution in [2.75, 3.05) is 0 Å². The van der Waals surface area contributed by atoms with Crippen molar-refractivity contribution >= 4 is 10.9 Å². The van der Waals surface area contributed by atoms with Gasteiger partial charge in [0.1, 0.15) is 5.82 Å². The largest absolute Gasteiger partial charge is 0.392 e. The number of H-pyrrole nitrogens is 1. The highest BCUT2D eigenvalue weighted by Gasteiger charge is 2.07. The average Bonchev–Trinajstić information content (AvgIpc) is 2.69. The predicted octanol–water partition coefficient (Wildman–Crippen LogP) is 3.67. The van der Waals surface area contributed by atoms with Crippen LogP contribution in [0.4, 0.5) is 0 Å². The van der Waals surface area contributed by atoms with Gasteiger partial charge in [0, 0.05) is 6.42 Å². The molecule has 3 aromatic carbocycles. The summed E-state index contributed by atoms with van der Waals surface area (Å²) in [4.78, 5) is 20.0. The first-order valence-electron chi connectivity index (χ1n) is 8.50. The molecule has 0 saturated carbocycles. The fourth-order valence-corrected chi connectivity index (χ4v) is 3.04. The van der Waals surface area contributed by atoms with Crippen molar-refractivity contribution in [3.63, 3.8) is 0 Å². The van der Waals surface area contributed by atoms with Crippen LogP contribution in [0.1, 0.15) is 17.0 Å². The summed E-state index contributed by atoms with van der Waals surface area (Å²) in [5, 5.41) is 9.71. The Morgan fingerprint density at radius 1 is 0.846 bits per heavy atom. The lowest BCUT2D eigenvalue weighted by molar-refractivity contribution is 0.282. The zero-order valence-electron chi connectivity index (χ0n) is 14.1. The summed E-state index contributed by atoms with van der Waals surface area (Å²) < 4.78 is 0. The molecule has 0 saturated heterocycles. The Hall–Kier alpha value is -3.24. The van der Waals surface area contributed by atoms with Crippen molar-refractivity contribution in [1.29, 1.82) is 0 Å². The molecular weight excluding hydrogens is 324 g/mol. The molecule has 4 nitrogen and oxygen atoms in total. The monoisotopic (exact) mass is 342 g/mol. The van der Waals surface area contributed by atoms with Gasteiger partial charge in [0.25, 0.3) is 5.56 Å². The quantitative estimate of drug-likeness (QED) is 0.595. The molecule has 128 valence electrons. The third kappa shape index (κ3) is 3.27. The SMILES string of the molecule is O=c1[nH]c(Cc2ccc(CO)cc2)nc2ccc(-c3ccccc3)cc12. The van der Waals surface area contributed by atoms with Crippen molar-refractivity contribution in [3.8, 4) is 11.1 Å². The number of aliphatic hydroxyl groups is 1. The lowest BCUT2D eigenvalue weighted by Gasteiger charge is -2.06. The van der Waals surface area contributed by atoms with Crippen LogP contribution in [-0.2, 0) is 13.0 Å². The van der Waals surface area contributed by atoms with E-state index in [1.165, 1.54) is 0 Å². The number of fused-ring (bicyclic) bond motifs is 1. The number of hydrogen-bond acceptors (Lipinski definition) is 3. The van der Waals surface area contributed by atoms with Gasteiger partial charge in [-0.3, -0.25) is 4.79 Å². The third-order valence-corrected chi connectivity index (χ3v) is 4.44. The number of aromatic nitrogens is 2. The van der Waals surface area contributed by atoms with Crippen LogP contribution in [0.3, 0.4) is 0 Å². The molecule has 4 heteroatoms. The lowest BCUT2D eigenvalue weighted by Crippen LogP contribution is -2.12. The Morgan fingerprint density at radius 2 is 1.58 bits per heavy atom. The first-order valence-corrected chi connectivity index (χ1v) is 8.50. The summed E-state index contributed by atoms with van der Waals surface area (Å²) >= 11 is 0. The van der Waals surface area contributed by atoms with Crippen LogP contribution in [0.2, 0.25) is 0 Å². The lowest BCUT2D eigenvalue weighted by atomic mass is 10.0. The molecule has 4 aromatic rings. The van der Waals surface area contributed by atoms with E-state index in [-0.39, 0.29) is 12.2 Å². The Morgan fingerprint density at radius 3 is 2.31 bits per heavy atom. The summed E-state index contributed by atoms with van der Waals surface area (Å²) in [5.41, 5.74) is 4.53. The van der Waals surface area contributed by atoms with Gasteiger partial charge >= 0.3 is 0 Å². The molecule has 0 amide bonds. The van der Waals surface area contributed by atoms with Crippen LogP contribution < -0.4 is 5.56 Å². The summed E-state index contributed by atoms with van der Waals surface area (Å²) in [6.07, 6.45) is 0.539. The van der Waals surface area contributed by atoms with Gasteiger partial charge < -0.3 is 10.1 Å². The maximum atomic E-state index is 12.5. The zero-order chi connectivity index (χ0) is 17.9. The molecule has 0 aliphatic rings. The maximum Gasteiger partial charge on any atom is 0.258 e. The van der Waals surface area contributed by atoms with Crippen LogP contribution in [0.5, 0.6) is 0 Å². The number of aliphatic hydroxyl groups excluding tert-OH is 1.